The van der Waals surface area contributed by atoms with Crippen LogP contribution in [0.2, 0.25) is 5.02 Å². The third-order valence-electron chi connectivity index (χ3n) is 1.80. The molecule has 1 rings (SSSR count). The maximum atomic E-state index is 12.6. The number of hydrogen-bond donors (Lipinski definition) is 0. The van der Waals surface area contributed by atoms with E-state index in [9.17, 15) is 13.6 Å². The molecule has 0 heterocycles. The molecule has 0 aliphatic rings. The van der Waals surface area contributed by atoms with Crippen LogP contribution in [0.3, 0.4) is 0 Å². The lowest BCUT2D eigenvalue weighted by Crippen LogP contribution is -2.17. The Labute approximate surface area is 127 Å². The van der Waals surface area contributed by atoms with Crippen LogP contribution < -0.4 is 0 Å². The first kappa shape index (κ1) is 16.5. The molecule has 0 bridgehead atoms. The Hall–Kier alpha value is -0.560. The molecule has 0 unspecified atom stereocenters. The number of rotatable bonds is 4. The Kier molecular flexibility index (Phi) is 5.85. The van der Waals surface area contributed by atoms with Gasteiger partial charge in [0.25, 0.3) is 0 Å². The van der Waals surface area contributed by atoms with Crippen molar-refractivity contribution in [3.8, 4) is 0 Å². The van der Waals surface area contributed by atoms with Crippen molar-refractivity contribution >= 4 is 64.0 Å². The molecule has 0 saturated heterocycles. The van der Waals surface area contributed by atoms with Crippen LogP contribution in [-0.2, 0) is 0 Å². The standard InChI is InChI=1S/C10H7Cl3F2N2OS/c1-17(9(12)18)5-16-6-2-3-8(7(11)4-6)19-10(13,14)15/h2-5H,1H3. The Balaban J connectivity index is 2.85. The minimum absolute atomic E-state index is 0.0832. The van der Waals surface area contributed by atoms with Crippen molar-refractivity contribution in [3.63, 3.8) is 0 Å². The van der Waals surface area contributed by atoms with Gasteiger partial charge in [0.05, 0.1) is 17.0 Å². The molecule has 0 saturated carbocycles. The molecule has 0 radical (unpaired) electrons. The Morgan fingerprint density at radius 1 is 1.53 bits per heavy atom. The van der Waals surface area contributed by atoms with Crippen molar-refractivity contribution in [1.29, 1.82) is 0 Å². The maximum Gasteiger partial charge on any atom is 0.375 e. The molecule has 0 N–H and O–H groups in total. The summed E-state index contributed by atoms with van der Waals surface area (Å²) in [5.74, 6) is 0. The van der Waals surface area contributed by atoms with Crippen LogP contribution in [0.4, 0.5) is 19.3 Å². The van der Waals surface area contributed by atoms with E-state index in [1.165, 1.54) is 31.6 Å². The summed E-state index contributed by atoms with van der Waals surface area (Å²) in [7, 11) is 1.42. The van der Waals surface area contributed by atoms with Crippen molar-refractivity contribution in [2.75, 3.05) is 7.05 Å². The van der Waals surface area contributed by atoms with Crippen molar-refractivity contribution in [2.24, 2.45) is 4.99 Å². The zero-order chi connectivity index (χ0) is 14.6. The topological polar surface area (TPSA) is 32.7 Å². The molecule has 1 aromatic rings. The van der Waals surface area contributed by atoms with Crippen LogP contribution >= 0.6 is 46.6 Å². The number of thioether (sulfide) groups is 1. The summed E-state index contributed by atoms with van der Waals surface area (Å²) >= 11 is 15.9. The average molecular weight is 348 g/mol. The van der Waals surface area contributed by atoms with Gasteiger partial charge in [-0.3, -0.25) is 9.69 Å². The molecule has 104 valence electrons. The first-order valence-electron chi connectivity index (χ1n) is 4.71. The number of aliphatic imine (C=N–C) groups is 1. The van der Waals surface area contributed by atoms with Crippen LogP contribution in [-0.4, -0.2) is 28.4 Å². The first-order valence-corrected chi connectivity index (χ1v) is 6.66. The van der Waals surface area contributed by atoms with Crippen LogP contribution in [0, 0.1) is 0 Å². The van der Waals surface area contributed by atoms with Gasteiger partial charge >= 0.3 is 10.1 Å². The predicted molar refractivity (Wildman–Crippen MR) is 75.3 cm³/mol. The predicted octanol–water partition coefficient (Wildman–Crippen LogP) is 5.17. The normalized spacial score (nSPS) is 11.9. The zero-order valence-electron chi connectivity index (χ0n) is 9.41. The highest BCUT2D eigenvalue weighted by molar-refractivity contribution is 8.01. The van der Waals surface area contributed by atoms with E-state index < -0.39 is 10.1 Å². The lowest BCUT2D eigenvalue weighted by Gasteiger charge is -2.09. The third-order valence-corrected chi connectivity index (χ3v) is 3.53. The quantitative estimate of drug-likeness (QED) is 0.188. The van der Waals surface area contributed by atoms with E-state index in [2.05, 4.69) is 4.99 Å². The molecule has 0 atom stereocenters. The van der Waals surface area contributed by atoms with E-state index in [0.717, 1.165) is 4.90 Å². The molecule has 0 aliphatic carbocycles. The molecular weight excluding hydrogens is 341 g/mol. The summed E-state index contributed by atoms with van der Waals surface area (Å²) < 4.78 is 21.8. The fraction of sp³-hybridized carbons (Fsp3) is 0.200. The van der Waals surface area contributed by atoms with E-state index in [4.69, 9.17) is 34.8 Å². The van der Waals surface area contributed by atoms with Gasteiger partial charge in [-0.1, -0.05) is 11.6 Å². The molecule has 0 aromatic heterocycles. The number of alkyl halides is 3. The van der Waals surface area contributed by atoms with Crippen molar-refractivity contribution in [3.05, 3.63) is 23.2 Å². The highest BCUT2D eigenvalue weighted by Crippen LogP contribution is 2.42. The molecule has 1 aromatic carbocycles. The van der Waals surface area contributed by atoms with Gasteiger partial charge in [-0.25, -0.2) is 4.99 Å². The molecule has 0 spiro atoms. The van der Waals surface area contributed by atoms with Gasteiger partial charge in [-0.2, -0.15) is 8.78 Å². The van der Waals surface area contributed by atoms with Crippen LogP contribution in [0.25, 0.3) is 0 Å². The number of benzene rings is 1. The summed E-state index contributed by atoms with van der Waals surface area (Å²) in [4.78, 5) is 15.8. The summed E-state index contributed by atoms with van der Waals surface area (Å²) in [6.07, 6.45) is 1.18. The molecule has 0 fully saturated rings. The maximum absolute atomic E-state index is 12.6. The van der Waals surface area contributed by atoms with E-state index in [0.29, 0.717) is 5.69 Å². The number of halogens is 5. The lowest BCUT2D eigenvalue weighted by molar-refractivity contribution is 0.203. The van der Waals surface area contributed by atoms with Gasteiger partial charge in [-0.15, -0.1) is 0 Å². The Morgan fingerprint density at radius 2 is 2.16 bits per heavy atom. The van der Waals surface area contributed by atoms with E-state index in [-0.39, 0.29) is 21.7 Å². The minimum atomic E-state index is -3.43. The second-order valence-electron chi connectivity index (χ2n) is 3.27. The fourth-order valence-corrected chi connectivity index (χ4v) is 2.10. The lowest BCUT2D eigenvalue weighted by atomic mass is 10.3. The summed E-state index contributed by atoms with van der Waals surface area (Å²) in [5, 5.41) is -0.622. The molecule has 3 nitrogen and oxygen atoms in total. The molecule has 0 aliphatic heterocycles. The van der Waals surface area contributed by atoms with Crippen molar-refractivity contribution < 1.29 is 13.6 Å². The van der Waals surface area contributed by atoms with E-state index >= 15 is 0 Å². The van der Waals surface area contributed by atoms with Crippen LogP contribution in [0.15, 0.2) is 28.1 Å². The van der Waals surface area contributed by atoms with Gasteiger partial charge in [0.15, 0.2) is 0 Å². The van der Waals surface area contributed by atoms with Gasteiger partial charge in [0.2, 0.25) is 0 Å². The van der Waals surface area contributed by atoms with Crippen LogP contribution in [0.1, 0.15) is 0 Å². The largest absolute Gasteiger partial charge is 0.375 e. The van der Waals surface area contributed by atoms with Crippen molar-refractivity contribution in [2.45, 2.75) is 9.61 Å². The molecule has 1 amide bonds. The van der Waals surface area contributed by atoms with Gasteiger partial charge < -0.3 is 0 Å². The molecule has 9 heteroatoms. The van der Waals surface area contributed by atoms with Crippen molar-refractivity contribution in [1.82, 2.24) is 4.90 Å². The smallest absolute Gasteiger partial charge is 0.292 e. The average Bonchev–Trinajstić information content (AvgIpc) is 2.27. The minimum Gasteiger partial charge on any atom is -0.292 e. The van der Waals surface area contributed by atoms with E-state index in [1.54, 1.807) is 0 Å². The van der Waals surface area contributed by atoms with Gasteiger partial charge in [0.1, 0.15) is 0 Å². The molecule has 19 heavy (non-hydrogen) atoms. The number of hydrogen-bond acceptors (Lipinski definition) is 3. The first-order chi connectivity index (χ1) is 8.69. The van der Waals surface area contributed by atoms with E-state index in [1.807, 2.05) is 0 Å². The van der Waals surface area contributed by atoms with Gasteiger partial charge in [0, 0.05) is 11.9 Å². The Morgan fingerprint density at radius 3 is 2.63 bits per heavy atom. The second kappa shape index (κ2) is 6.74. The fourth-order valence-electron chi connectivity index (χ4n) is 0.976. The summed E-state index contributed by atoms with van der Waals surface area (Å²) in [6, 6.07) is 4.19. The monoisotopic (exact) mass is 346 g/mol. The van der Waals surface area contributed by atoms with Gasteiger partial charge in [-0.05, 0) is 53.2 Å². The summed E-state index contributed by atoms with van der Waals surface area (Å²) in [5.41, 5.74) is 0.386. The zero-order valence-corrected chi connectivity index (χ0v) is 12.5. The molecular formula is C10H7Cl3F2N2OS. The number of nitrogens with zero attached hydrogens (tertiary/aromatic N) is 2. The highest BCUT2D eigenvalue weighted by Gasteiger charge is 2.27. The number of carbonyl (C=O) groups is 1. The SMILES string of the molecule is CN(C=Nc1ccc(SC(F)(F)Cl)c(Cl)c1)C(=O)Cl. The highest BCUT2D eigenvalue weighted by atomic mass is 35.5. The number of amides is 1. The summed E-state index contributed by atoms with van der Waals surface area (Å²) in [6.45, 7) is 0. The van der Waals surface area contributed by atoms with Crippen LogP contribution in [0.5, 0.6) is 0 Å². The second-order valence-corrected chi connectivity index (χ2v) is 5.86. The number of carbonyl (C=O) groups excluding carboxylic acids is 1. The third kappa shape index (κ3) is 5.95. The Bertz CT molecular complexity index is 508.